The molecule has 0 unspecified atom stereocenters. The molecular formula is C24H27ClN2O4S. The number of nitrogen functional groups attached to an aromatic ring is 1. The van der Waals surface area contributed by atoms with E-state index in [1.807, 2.05) is 20.8 Å². The van der Waals surface area contributed by atoms with Crippen molar-refractivity contribution in [1.82, 2.24) is 0 Å². The number of carbonyl (C=O) groups is 2. The molecule has 1 aromatic carbocycles. The fraction of sp³-hybridized carbons (Fsp3) is 0.417. The van der Waals surface area contributed by atoms with Crippen molar-refractivity contribution in [2.45, 2.75) is 58.6 Å². The van der Waals surface area contributed by atoms with Crippen LogP contribution in [0.1, 0.15) is 71.4 Å². The van der Waals surface area contributed by atoms with Gasteiger partial charge in [0.1, 0.15) is 4.88 Å². The second-order valence-electron chi connectivity index (χ2n) is 9.00. The van der Waals surface area contributed by atoms with E-state index < -0.39 is 18.0 Å². The van der Waals surface area contributed by atoms with Gasteiger partial charge in [-0.1, -0.05) is 23.4 Å². The van der Waals surface area contributed by atoms with Crippen LogP contribution in [0.4, 0.5) is 11.4 Å². The topological polar surface area (TPSA) is 104 Å². The van der Waals surface area contributed by atoms with E-state index in [1.165, 1.54) is 11.0 Å². The molecular weight excluding hydrogens is 448 g/mol. The third kappa shape index (κ3) is 5.63. The minimum atomic E-state index is -1.12. The van der Waals surface area contributed by atoms with Gasteiger partial charge in [-0.2, -0.15) is 0 Å². The van der Waals surface area contributed by atoms with Crippen molar-refractivity contribution >= 4 is 46.2 Å². The lowest BCUT2D eigenvalue weighted by Crippen LogP contribution is -2.44. The molecule has 0 spiro atoms. The highest BCUT2D eigenvalue weighted by atomic mass is 35.5. The molecule has 0 atom stereocenters. The maximum atomic E-state index is 13.7. The van der Waals surface area contributed by atoms with E-state index in [1.54, 1.807) is 18.2 Å². The Kier molecular flexibility index (Phi) is 7.19. The number of rotatable bonds is 4. The van der Waals surface area contributed by atoms with E-state index >= 15 is 0 Å². The number of aromatic carboxylic acids is 1. The van der Waals surface area contributed by atoms with Gasteiger partial charge in [0.2, 0.25) is 0 Å². The van der Waals surface area contributed by atoms with Crippen molar-refractivity contribution in [2.75, 3.05) is 10.6 Å². The van der Waals surface area contributed by atoms with Crippen molar-refractivity contribution in [2.24, 2.45) is 5.41 Å². The molecule has 0 aliphatic heterocycles. The summed E-state index contributed by atoms with van der Waals surface area (Å²) in [6, 6.07) is 6.04. The predicted molar refractivity (Wildman–Crippen MR) is 129 cm³/mol. The molecule has 1 fully saturated rings. The minimum Gasteiger partial charge on any atom is -0.477 e. The number of anilines is 2. The average molecular weight is 475 g/mol. The van der Waals surface area contributed by atoms with E-state index in [2.05, 4.69) is 11.8 Å². The summed E-state index contributed by atoms with van der Waals surface area (Å²) in [6.07, 6.45) is 1.76. The van der Waals surface area contributed by atoms with Gasteiger partial charge in [0, 0.05) is 22.2 Å². The molecule has 1 heterocycles. The number of thiophene rings is 1. The largest absolute Gasteiger partial charge is 0.477 e. The molecule has 0 radical (unpaired) electrons. The summed E-state index contributed by atoms with van der Waals surface area (Å²) < 4.78 is 0. The molecule has 1 aromatic heterocycles. The molecule has 1 aliphatic carbocycles. The second kappa shape index (κ2) is 9.53. The van der Waals surface area contributed by atoms with E-state index in [4.69, 9.17) is 17.3 Å². The maximum Gasteiger partial charge on any atom is 0.348 e. The van der Waals surface area contributed by atoms with Crippen LogP contribution in [0, 0.1) is 17.3 Å². The van der Waals surface area contributed by atoms with Crippen LogP contribution in [0.25, 0.3) is 0 Å². The number of hydrogen-bond acceptors (Lipinski definition) is 5. The molecule has 1 saturated carbocycles. The van der Waals surface area contributed by atoms with Crippen LogP contribution in [0.3, 0.4) is 0 Å². The highest BCUT2D eigenvalue weighted by Gasteiger charge is 2.34. The van der Waals surface area contributed by atoms with E-state index in [0.29, 0.717) is 41.3 Å². The molecule has 1 aliphatic rings. The lowest BCUT2D eigenvalue weighted by Gasteiger charge is -2.36. The quantitative estimate of drug-likeness (QED) is 0.426. The highest BCUT2D eigenvalue weighted by molar-refractivity contribution is 7.15. The van der Waals surface area contributed by atoms with Gasteiger partial charge < -0.3 is 20.8 Å². The Morgan fingerprint density at radius 3 is 2.41 bits per heavy atom. The molecule has 2 aromatic rings. The van der Waals surface area contributed by atoms with Crippen LogP contribution in [0.5, 0.6) is 0 Å². The predicted octanol–water partition coefficient (Wildman–Crippen LogP) is 5.03. The first kappa shape index (κ1) is 24.1. The van der Waals surface area contributed by atoms with Crippen molar-refractivity contribution in [1.29, 1.82) is 0 Å². The zero-order valence-corrected chi connectivity index (χ0v) is 19.9. The zero-order chi connectivity index (χ0) is 23.6. The first-order valence-corrected chi connectivity index (χ1v) is 11.6. The SMILES string of the molecule is CC(C)(C)C#Cc1cc(N(C(=O)c2ccc(Cl)cc2N)C2CCC(O)CC2)c(C(=O)O)s1. The fourth-order valence-corrected chi connectivity index (χ4v) is 4.69. The van der Waals surface area contributed by atoms with E-state index in [0.717, 1.165) is 11.3 Å². The van der Waals surface area contributed by atoms with Gasteiger partial charge in [-0.15, -0.1) is 11.3 Å². The Morgan fingerprint density at radius 1 is 1.19 bits per heavy atom. The van der Waals surface area contributed by atoms with Crippen LogP contribution >= 0.6 is 22.9 Å². The van der Waals surface area contributed by atoms with Crippen molar-refractivity contribution in [3.8, 4) is 11.8 Å². The molecule has 8 heteroatoms. The minimum absolute atomic E-state index is 0.0511. The fourth-order valence-electron chi connectivity index (χ4n) is 3.67. The third-order valence-electron chi connectivity index (χ3n) is 5.22. The van der Waals surface area contributed by atoms with Crippen LogP contribution in [-0.2, 0) is 0 Å². The number of carboxylic acids is 1. The highest BCUT2D eigenvalue weighted by Crippen LogP contribution is 2.37. The summed E-state index contributed by atoms with van der Waals surface area (Å²) in [4.78, 5) is 27.9. The van der Waals surface area contributed by atoms with E-state index in [9.17, 15) is 19.8 Å². The van der Waals surface area contributed by atoms with Crippen LogP contribution in [-0.4, -0.2) is 34.2 Å². The van der Waals surface area contributed by atoms with Crippen LogP contribution in [0.2, 0.25) is 5.02 Å². The number of nitrogens with zero attached hydrogens (tertiary/aromatic N) is 1. The maximum absolute atomic E-state index is 13.7. The summed E-state index contributed by atoms with van der Waals surface area (Å²) in [6.45, 7) is 5.91. The number of benzene rings is 1. The summed E-state index contributed by atoms with van der Waals surface area (Å²) in [5.74, 6) is 4.65. The molecule has 3 rings (SSSR count). The summed E-state index contributed by atoms with van der Waals surface area (Å²) in [5, 5.41) is 20.2. The summed E-state index contributed by atoms with van der Waals surface area (Å²) >= 11 is 7.05. The Morgan fingerprint density at radius 2 is 1.84 bits per heavy atom. The van der Waals surface area contributed by atoms with Gasteiger partial charge in [0.05, 0.1) is 22.2 Å². The third-order valence-corrected chi connectivity index (χ3v) is 6.48. The molecule has 0 saturated heterocycles. The lowest BCUT2D eigenvalue weighted by atomic mass is 9.91. The Balaban J connectivity index is 2.12. The van der Waals surface area contributed by atoms with Gasteiger partial charge in [0.15, 0.2) is 0 Å². The second-order valence-corrected chi connectivity index (χ2v) is 10.5. The van der Waals surface area contributed by atoms with Crippen LogP contribution in [0.15, 0.2) is 24.3 Å². The number of hydrogen-bond donors (Lipinski definition) is 3. The monoisotopic (exact) mass is 474 g/mol. The number of carbonyl (C=O) groups excluding carboxylic acids is 1. The van der Waals surface area contributed by atoms with Gasteiger partial charge in [-0.05, 0) is 70.7 Å². The Hall–Kier alpha value is -2.53. The summed E-state index contributed by atoms with van der Waals surface area (Å²) in [7, 11) is 0. The first-order valence-electron chi connectivity index (χ1n) is 10.4. The molecule has 170 valence electrons. The number of aliphatic hydroxyl groups excluding tert-OH is 1. The van der Waals surface area contributed by atoms with Gasteiger partial charge >= 0.3 is 5.97 Å². The zero-order valence-electron chi connectivity index (χ0n) is 18.3. The normalized spacial score (nSPS) is 18.5. The lowest BCUT2D eigenvalue weighted by molar-refractivity contribution is 0.0702. The molecule has 4 N–H and O–H groups in total. The summed E-state index contributed by atoms with van der Waals surface area (Å²) in [5.41, 5.74) is 6.62. The van der Waals surface area contributed by atoms with Gasteiger partial charge in [-0.3, -0.25) is 4.79 Å². The molecule has 1 amide bonds. The molecule has 6 nitrogen and oxygen atoms in total. The standard InChI is InChI=1S/C24H27ClN2O4S/c1-24(2,3)11-10-17-13-20(21(32-17)23(30)31)27(15-5-7-16(28)8-6-15)22(29)18-9-4-14(25)12-19(18)26/h4,9,12-13,15-16,28H,5-8,26H2,1-3H3,(H,30,31). The van der Waals surface area contributed by atoms with Crippen molar-refractivity contribution < 1.29 is 19.8 Å². The number of halogens is 1. The number of amides is 1. The molecule has 32 heavy (non-hydrogen) atoms. The van der Waals surface area contributed by atoms with Crippen molar-refractivity contribution in [3.05, 3.63) is 44.6 Å². The Labute approximate surface area is 197 Å². The van der Waals surface area contributed by atoms with E-state index in [-0.39, 0.29) is 27.6 Å². The number of carboxylic acid groups (broad SMARTS) is 1. The Bertz CT molecular complexity index is 1090. The van der Waals surface area contributed by atoms with Crippen molar-refractivity contribution in [3.63, 3.8) is 0 Å². The van der Waals surface area contributed by atoms with Gasteiger partial charge in [-0.25, -0.2) is 4.79 Å². The molecule has 0 bridgehead atoms. The first-order chi connectivity index (χ1) is 15.0. The number of aliphatic hydroxyl groups is 1. The van der Waals surface area contributed by atoms with Gasteiger partial charge in [0.25, 0.3) is 5.91 Å². The number of nitrogens with two attached hydrogens (primary N) is 1. The van der Waals surface area contributed by atoms with Crippen LogP contribution < -0.4 is 10.6 Å². The average Bonchev–Trinajstić information content (AvgIpc) is 3.12. The smallest absolute Gasteiger partial charge is 0.348 e.